The lowest BCUT2D eigenvalue weighted by Crippen LogP contribution is -2.32. The number of amides is 1. The van der Waals surface area contributed by atoms with Gasteiger partial charge in [-0.25, -0.2) is 0 Å². The van der Waals surface area contributed by atoms with Crippen molar-refractivity contribution in [3.8, 4) is 5.75 Å². The molecule has 32 heavy (non-hydrogen) atoms. The smallest absolute Gasteiger partial charge is 0.295 e. The molecule has 1 amide bonds. The van der Waals surface area contributed by atoms with Crippen molar-refractivity contribution in [2.45, 2.75) is 31.9 Å². The zero-order chi connectivity index (χ0) is 23.0. The second kappa shape index (κ2) is 8.96. The fourth-order valence-corrected chi connectivity index (χ4v) is 4.61. The molecule has 7 heteroatoms. The van der Waals surface area contributed by atoms with Crippen molar-refractivity contribution in [2.75, 3.05) is 27.2 Å². The number of halogens is 1. The van der Waals surface area contributed by atoms with Crippen LogP contribution in [0.3, 0.4) is 0 Å². The number of likely N-dealkylation sites (tertiary alicyclic amines) is 1. The molecule has 0 saturated carbocycles. The minimum absolute atomic E-state index is 0.0659. The lowest BCUT2D eigenvalue weighted by molar-refractivity contribution is -0.139. The quantitative estimate of drug-likeness (QED) is 0.405. The number of hydrogen-bond donors (Lipinski definition) is 1. The lowest BCUT2D eigenvalue weighted by atomic mass is 9.94. The Bertz CT molecular complexity index is 1100. The molecule has 6 nitrogen and oxygen atoms in total. The molecule has 168 valence electrons. The van der Waals surface area contributed by atoms with Crippen LogP contribution in [0.2, 0.25) is 5.02 Å². The summed E-state index contributed by atoms with van der Waals surface area (Å²) in [6, 6.07) is 11.8. The largest absolute Gasteiger partial charge is 0.507 e. The van der Waals surface area contributed by atoms with Crippen LogP contribution in [0, 0.1) is 0 Å². The van der Waals surface area contributed by atoms with Gasteiger partial charge in [-0.05, 0) is 75.4 Å². The topological polar surface area (TPSA) is 70.1 Å². The van der Waals surface area contributed by atoms with Crippen molar-refractivity contribution >= 4 is 29.1 Å². The third-order valence-electron chi connectivity index (χ3n) is 5.88. The van der Waals surface area contributed by atoms with E-state index in [4.69, 9.17) is 16.3 Å². The maximum Gasteiger partial charge on any atom is 0.295 e. The first-order chi connectivity index (χ1) is 15.3. The van der Waals surface area contributed by atoms with Gasteiger partial charge in [-0.3, -0.25) is 9.59 Å². The number of ketones is 1. The first kappa shape index (κ1) is 22.4. The van der Waals surface area contributed by atoms with Gasteiger partial charge in [0.25, 0.3) is 11.7 Å². The highest BCUT2D eigenvalue weighted by molar-refractivity contribution is 6.46. The van der Waals surface area contributed by atoms with E-state index in [0.717, 1.165) is 24.3 Å². The summed E-state index contributed by atoms with van der Waals surface area (Å²) in [7, 11) is 3.92. The Morgan fingerprint density at radius 1 is 1.22 bits per heavy atom. The Labute approximate surface area is 193 Å². The van der Waals surface area contributed by atoms with Crippen molar-refractivity contribution in [3.63, 3.8) is 0 Å². The summed E-state index contributed by atoms with van der Waals surface area (Å²) in [5.74, 6) is -0.675. The predicted octanol–water partition coefficient (Wildman–Crippen LogP) is 4.04. The van der Waals surface area contributed by atoms with Crippen molar-refractivity contribution in [2.24, 2.45) is 0 Å². The van der Waals surface area contributed by atoms with Crippen LogP contribution in [0.5, 0.6) is 5.75 Å². The maximum absolute atomic E-state index is 13.1. The van der Waals surface area contributed by atoms with Crippen molar-refractivity contribution in [3.05, 3.63) is 69.8 Å². The van der Waals surface area contributed by atoms with E-state index in [2.05, 4.69) is 0 Å². The monoisotopic (exact) mass is 454 g/mol. The average Bonchev–Trinajstić information content (AvgIpc) is 3.24. The van der Waals surface area contributed by atoms with Gasteiger partial charge in [-0.2, -0.15) is 0 Å². The minimum Gasteiger partial charge on any atom is -0.507 e. The van der Waals surface area contributed by atoms with E-state index in [0.29, 0.717) is 29.1 Å². The van der Waals surface area contributed by atoms with Gasteiger partial charge in [-0.1, -0.05) is 23.7 Å². The van der Waals surface area contributed by atoms with E-state index < -0.39 is 17.7 Å². The number of benzene rings is 2. The molecular weight excluding hydrogens is 428 g/mol. The summed E-state index contributed by atoms with van der Waals surface area (Å²) in [6.07, 6.45) is 1.49. The second-order valence-electron chi connectivity index (χ2n) is 8.66. The number of aliphatic hydroxyl groups excluding tert-OH is 1. The minimum atomic E-state index is -0.695. The van der Waals surface area contributed by atoms with Crippen molar-refractivity contribution in [1.29, 1.82) is 0 Å². The molecule has 2 aliphatic rings. The van der Waals surface area contributed by atoms with E-state index in [-0.39, 0.29) is 17.4 Å². The molecule has 2 atom stereocenters. The number of carbonyl (C=O) groups excluding carboxylic acids is 2. The summed E-state index contributed by atoms with van der Waals surface area (Å²) in [5.41, 5.74) is 2.26. The van der Waals surface area contributed by atoms with Crippen LogP contribution < -0.4 is 4.74 Å². The Balaban J connectivity index is 1.78. The lowest BCUT2D eigenvalue weighted by Gasteiger charge is -2.26. The van der Waals surface area contributed by atoms with Crippen LogP contribution in [0.1, 0.15) is 36.1 Å². The zero-order valence-corrected chi connectivity index (χ0v) is 19.2. The van der Waals surface area contributed by atoms with Crippen LogP contribution in [-0.2, 0) is 16.0 Å². The third-order valence-corrected chi connectivity index (χ3v) is 6.11. The highest BCUT2D eigenvalue weighted by Crippen LogP contribution is 2.41. The van der Waals surface area contributed by atoms with Gasteiger partial charge in [0.15, 0.2) is 0 Å². The molecule has 1 fully saturated rings. The summed E-state index contributed by atoms with van der Waals surface area (Å²) in [4.78, 5) is 29.7. The molecule has 2 heterocycles. The van der Waals surface area contributed by atoms with Gasteiger partial charge in [0, 0.05) is 23.6 Å². The fraction of sp³-hybridized carbons (Fsp3) is 0.360. The molecule has 4 rings (SSSR count). The first-order valence-corrected chi connectivity index (χ1v) is 11.1. The highest BCUT2D eigenvalue weighted by atomic mass is 35.5. The van der Waals surface area contributed by atoms with Crippen LogP contribution >= 0.6 is 11.6 Å². The summed E-state index contributed by atoms with van der Waals surface area (Å²) < 4.78 is 5.74. The van der Waals surface area contributed by atoms with Crippen molar-refractivity contribution < 1.29 is 19.4 Å². The molecule has 0 radical (unpaired) electrons. The molecule has 1 saturated heterocycles. The fourth-order valence-electron chi connectivity index (χ4n) is 4.42. The number of ether oxygens (including phenoxy) is 1. The van der Waals surface area contributed by atoms with E-state index in [1.807, 2.05) is 38.1 Å². The molecule has 0 bridgehead atoms. The molecule has 0 aromatic heterocycles. The van der Waals surface area contributed by atoms with Gasteiger partial charge >= 0.3 is 0 Å². The molecule has 0 aliphatic carbocycles. The standard InChI is InChI=1S/C25H27ClN2O4/c1-15-12-18-13-17(8-9-20(18)32-15)23(29)21-22(16-6-4-7-19(26)14-16)28(25(31)24(21)30)11-5-10-27(2)3/h4,6-9,13-15,22,29H,5,10-12H2,1-3H3/b23-21-. The SMILES string of the molecule is CC1Cc2cc(/C(O)=C3/C(=O)C(=O)N(CCCN(C)C)C3c3cccc(Cl)c3)ccc2O1. The number of aliphatic hydroxyl groups is 1. The van der Waals surface area contributed by atoms with Crippen LogP contribution in [0.15, 0.2) is 48.0 Å². The Hall–Kier alpha value is -2.83. The predicted molar refractivity (Wildman–Crippen MR) is 124 cm³/mol. The molecular formula is C25H27ClN2O4. The zero-order valence-electron chi connectivity index (χ0n) is 18.5. The van der Waals surface area contributed by atoms with E-state index in [1.54, 1.807) is 35.2 Å². The second-order valence-corrected chi connectivity index (χ2v) is 9.10. The number of nitrogens with zero attached hydrogens (tertiary/aromatic N) is 2. The van der Waals surface area contributed by atoms with E-state index >= 15 is 0 Å². The summed E-state index contributed by atoms with van der Waals surface area (Å²) in [6.45, 7) is 3.15. The molecule has 1 N–H and O–H groups in total. The molecule has 2 aromatic rings. The Morgan fingerprint density at radius 2 is 2.00 bits per heavy atom. The highest BCUT2D eigenvalue weighted by Gasteiger charge is 2.45. The maximum atomic E-state index is 13.1. The van der Waals surface area contributed by atoms with Crippen LogP contribution in [0.25, 0.3) is 5.76 Å². The van der Waals surface area contributed by atoms with Gasteiger partial charge in [0.2, 0.25) is 0 Å². The molecule has 2 unspecified atom stereocenters. The number of hydrogen-bond acceptors (Lipinski definition) is 5. The summed E-state index contributed by atoms with van der Waals surface area (Å²) >= 11 is 6.22. The van der Waals surface area contributed by atoms with Gasteiger partial charge < -0.3 is 19.6 Å². The molecule has 2 aromatic carbocycles. The van der Waals surface area contributed by atoms with Gasteiger partial charge in [0.1, 0.15) is 17.6 Å². The van der Waals surface area contributed by atoms with Crippen LogP contribution in [-0.4, -0.2) is 59.9 Å². The van der Waals surface area contributed by atoms with Gasteiger partial charge in [0.05, 0.1) is 11.6 Å². The molecule has 0 spiro atoms. The van der Waals surface area contributed by atoms with E-state index in [9.17, 15) is 14.7 Å². The van der Waals surface area contributed by atoms with Gasteiger partial charge in [-0.15, -0.1) is 0 Å². The van der Waals surface area contributed by atoms with Crippen LogP contribution in [0.4, 0.5) is 0 Å². The van der Waals surface area contributed by atoms with Crippen molar-refractivity contribution in [1.82, 2.24) is 9.80 Å². The third kappa shape index (κ3) is 4.25. The van der Waals surface area contributed by atoms with E-state index in [1.165, 1.54) is 0 Å². The number of Topliss-reactive ketones (excluding diaryl/α,β-unsaturated/α-hetero) is 1. The first-order valence-electron chi connectivity index (χ1n) is 10.7. The summed E-state index contributed by atoms with van der Waals surface area (Å²) in [5, 5.41) is 11.7. The number of rotatable bonds is 6. The number of fused-ring (bicyclic) bond motifs is 1. The Kier molecular flexibility index (Phi) is 6.26. The number of carbonyl (C=O) groups is 2. The normalized spacial score (nSPS) is 21.8. The molecule has 2 aliphatic heterocycles. The Morgan fingerprint density at radius 3 is 2.72 bits per heavy atom. The average molecular weight is 455 g/mol.